The van der Waals surface area contributed by atoms with Crippen molar-refractivity contribution >= 4 is 32.8 Å². The summed E-state index contributed by atoms with van der Waals surface area (Å²) in [4.78, 5) is 12.3. The third-order valence-corrected chi connectivity index (χ3v) is 4.44. The smallest absolute Gasteiger partial charge is 0.287 e. The standard InChI is InChI=1S/C15H16BrNO3/c16-11-3-4-12-10(7-11)8-13(20-12)14(19)17-15(9-18)5-1-2-6-15/h3-4,7-8,18H,1-2,5-6,9H2,(H,17,19). The average molecular weight is 338 g/mol. The Morgan fingerprint density at radius 3 is 2.80 bits per heavy atom. The van der Waals surface area contributed by atoms with Crippen LogP contribution in [0.3, 0.4) is 0 Å². The summed E-state index contributed by atoms with van der Waals surface area (Å²) >= 11 is 3.39. The highest BCUT2D eigenvalue weighted by Crippen LogP contribution is 2.30. The number of hydrogen-bond acceptors (Lipinski definition) is 3. The highest BCUT2D eigenvalue weighted by atomic mass is 79.9. The molecular formula is C15H16BrNO3. The number of fused-ring (bicyclic) bond motifs is 1. The molecule has 1 saturated carbocycles. The number of furan rings is 1. The van der Waals surface area contributed by atoms with E-state index in [9.17, 15) is 9.90 Å². The normalized spacial score (nSPS) is 17.5. The van der Waals surface area contributed by atoms with Crippen LogP contribution in [0.15, 0.2) is 33.2 Å². The van der Waals surface area contributed by atoms with E-state index in [1.54, 1.807) is 6.07 Å². The fourth-order valence-electron chi connectivity index (χ4n) is 2.80. The summed E-state index contributed by atoms with van der Waals surface area (Å²) in [5, 5.41) is 13.4. The molecule has 20 heavy (non-hydrogen) atoms. The van der Waals surface area contributed by atoms with E-state index < -0.39 is 5.54 Å². The molecule has 1 aromatic carbocycles. The van der Waals surface area contributed by atoms with Gasteiger partial charge in [-0.05, 0) is 37.1 Å². The van der Waals surface area contributed by atoms with Crippen LogP contribution in [0.4, 0.5) is 0 Å². The minimum atomic E-state index is -0.476. The highest BCUT2D eigenvalue weighted by molar-refractivity contribution is 9.10. The van der Waals surface area contributed by atoms with Gasteiger partial charge in [0, 0.05) is 9.86 Å². The number of rotatable bonds is 3. The van der Waals surface area contributed by atoms with E-state index in [2.05, 4.69) is 21.2 Å². The van der Waals surface area contributed by atoms with E-state index >= 15 is 0 Å². The first-order valence-corrected chi connectivity index (χ1v) is 7.54. The molecule has 1 fully saturated rings. The number of carbonyl (C=O) groups excluding carboxylic acids is 1. The molecule has 1 amide bonds. The predicted molar refractivity (Wildman–Crippen MR) is 79.7 cm³/mol. The molecule has 1 aliphatic carbocycles. The minimum absolute atomic E-state index is 0.0233. The van der Waals surface area contributed by atoms with E-state index in [-0.39, 0.29) is 18.3 Å². The van der Waals surface area contributed by atoms with Crippen molar-refractivity contribution in [3.63, 3.8) is 0 Å². The second-order valence-electron chi connectivity index (χ2n) is 5.39. The van der Waals surface area contributed by atoms with Gasteiger partial charge in [0.25, 0.3) is 5.91 Å². The Hall–Kier alpha value is -1.33. The second kappa shape index (κ2) is 5.22. The van der Waals surface area contributed by atoms with Gasteiger partial charge in [-0.1, -0.05) is 28.8 Å². The number of benzene rings is 1. The van der Waals surface area contributed by atoms with Gasteiger partial charge >= 0.3 is 0 Å². The Balaban J connectivity index is 1.85. The van der Waals surface area contributed by atoms with Crippen LogP contribution in [0.5, 0.6) is 0 Å². The quantitative estimate of drug-likeness (QED) is 0.903. The van der Waals surface area contributed by atoms with Gasteiger partial charge in [0.15, 0.2) is 5.76 Å². The van der Waals surface area contributed by atoms with E-state index in [4.69, 9.17) is 4.42 Å². The first-order valence-electron chi connectivity index (χ1n) is 6.74. The molecule has 0 radical (unpaired) electrons. The molecule has 106 valence electrons. The molecule has 5 heteroatoms. The number of aliphatic hydroxyl groups excluding tert-OH is 1. The van der Waals surface area contributed by atoms with Gasteiger partial charge in [0.1, 0.15) is 5.58 Å². The van der Waals surface area contributed by atoms with Crippen molar-refractivity contribution in [1.29, 1.82) is 0 Å². The van der Waals surface area contributed by atoms with Crippen LogP contribution in [0, 0.1) is 0 Å². The fourth-order valence-corrected chi connectivity index (χ4v) is 3.18. The number of halogens is 1. The monoisotopic (exact) mass is 337 g/mol. The number of aliphatic hydroxyl groups is 1. The van der Waals surface area contributed by atoms with E-state index in [1.165, 1.54) is 0 Å². The third kappa shape index (κ3) is 2.47. The van der Waals surface area contributed by atoms with Crippen molar-refractivity contribution in [3.8, 4) is 0 Å². The maximum absolute atomic E-state index is 12.3. The zero-order chi connectivity index (χ0) is 14.2. The first kappa shape index (κ1) is 13.6. The molecule has 3 rings (SSSR count). The van der Waals surface area contributed by atoms with E-state index in [0.29, 0.717) is 5.58 Å². The van der Waals surface area contributed by atoms with Crippen molar-refractivity contribution in [2.45, 2.75) is 31.2 Å². The van der Waals surface area contributed by atoms with Gasteiger partial charge in [0.2, 0.25) is 0 Å². The van der Waals surface area contributed by atoms with Crippen LogP contribution < -0.4 is 5.32 Å². The Morgan fingerprint density at radius 1 is 1.35 bits per heavy atom. The topological polar surface area (TPSA) is 62.5 Å². The summed E-state index contributed by atoms with van der Waals surface area (Å²) < 4.78 is 6.51. The molecular weight excluding hydrogens is 322 g/mol. The van der Waals surface area contributed by atoms with Gasteiger partial charge in [-0.25, -0.2) is 0 Å². The lowest BCUT2D eigenvalue weighted by Gasteiger charge is -2.27. The molecule has 2 N–H and O–H groups in total. The van der Waals surface area contributed by atoms with E-state index in [1.807, 2.05) is 18.2 Å². The van der Waals surface area contributed by atoms with Crippen LogP contribution in [0.1, 0.15) is 36.2 Å². The Kier molecular flexibility index (Phi) is 3.56. The molecule has 1 aromatic heterocycles. The molecule has 4 nitrogen and oxygen atoms in total. The lowest BCUT2D eigenvalue weighted by Crippen LogP contribution is -2.49. The van der Waals surface area contributed by atoms with Crippen LogP contribution in [-0.4, -0.2) is 23.2 Å². The minimum Gasteiger partial charge on any atom is -0.451 e. The number of amides is 1. The number of nitrogens with one attached hydrogen (secondary N) is 1. The number of hydrogen-bond donors (Lipinski definition) is 2. The second-order valence-corrected chi connectivity index (χ2v) is 6.31. The lowest BCUT2D eigenvalue weighted by atomic mass is 9.99. The third-order valence-electron chi connectivity index (χ3n) is 3.94. The predicted octanol–water partition coefficient (Wildman–Crippen LogP) is 3.23. The summed E-state index contributed by atoms with van der Waals surface area (Å²) in [6.45, 7) is -0.0233. The Labute approximate surface area is 125 Å². The first-order chi connectivity index (χ1) is 9.62. The molecule has 0 aliphatic heterocycles. The maximum atomic E-state index is 12.3. The highest BCUT2D eigenvalue weighted by Gasteiger charge is 2.35. The van der Waals surface area contributed by atoms with Crippen molar-refractivity contribution in [2.24, 2.45) is 0 Å². The van der Waals surface area contributed by atoms with Crippen molar-refractivity contribution in [1.82, 2.24) is 5.32 Å². The largest absolute Gasteiger partial charge is 0.451 e. The number of carbonyl (C=O) groups is 1. The lowest BCUT2D eigenvalue weighted by molar-refractivity contribution is 0.0813. The Morgan fingerprint density at radius 2 is 2.10 bits per heavy atom. The zero-order valence-corrected chi connectivity index (χ0v) is 12.6. The summed E-state index contributed by atoms with van der Waals surface area (Å²) in [6, 6.07) is 7.34. The van der Waals surface area contributed by atoms with Crippen molar-refractivity contribution < 1.29 is 14.3 Å². The summed E-state index contributed by atoms with van der Waals surface area (Å²) in [5.41, 5.74) is 0.208. The van der Waals surface area contributed by atoms with Crippen LogP contribution in [-0.2, 0) is 0 Å². The summed E-state index contributed by atoms with van der Waals surface area (Å²) in [6.07, 6.45) is 3.71. The molecule has 2 aromatic rings. The van der Waals surface area contributed by atoms with Crippen molar-refractivity contribution in [2.75, 3.05) is 6.61 Å². The Bertz CT molecular complexity index is 644. The van der Waals surface area contributed by atoms with Crippen molar-refractivity contribution in [3.05, 3.63) is 34.5 Å². The molecule has 0 unspecified atom stereocenters. The zero-order valence-electron chi connectivity index (χ0n) is 11.0. The van der Waals surface area contributed by atoms with Crippen LogP contribution in [0.25, 0.3) is 11.0 Å². The average Bonchev–Trinajstić information content (AvgIpc) is 3.05. The van der Waals surface area contributed by atoms with Crippen LogP contribution >= 0.6 is 15.9 Å². The molecule has 0 spiro atoms. The summed E-state index contributed by atoms with van der Waals surface area (Å²) in [7, 11) is 0. The summed E-state index contributed by atoms with van der Waals surface area (Å²) in [5.74, 6) is 0.0334. The van der Waals surface area contributed by atoms with Gasteiger partial charge in [-0.15, -0.1) is 0 Å². The van der Waals surface area contributed by atoms with Gasteiger partial charge in [-0.3, -0.25) is 4.79 Å². The molecule has 0 bridgehead atoms. The molecule has 1 aliphatic rings. The molecule has 0 atom stereocenters. The molecule has 0 saturated heterocycles. The SMILES string of the molecule is O=C(NC1(CO)CCCC1)c1cc2cc(Br)ccc2o1. The van der Waals surface area contributed by atoms with Gasteiger partial charge in [0.05, 0.1) is 12.1 Å². The van der Waals surface area contributed by atoms with Gasteiger partial charge < -0.3 is 14.8 Å². The molecule has 1 heterocycles. The van der Waals surface area contributed by atoms with Gasteiger partial charge in [-0.2, -0.15) is 0 Å². The maximum Gasteiger partial charge on any atom is 0.287 e. The fraction of sp³-hybridized carbons (Fsp3) is 0.400. The van der Waals surface area contributed by atoms with E-state index in [0.717, 1.165) is 35.5 Å². The van der Waals surface area contributed by atoms with Crippen LogP contribution in [0.2, 0.25) is 0 Å².